The number of likely N-dealkylation sites (tertiary alicyclic amines) is 1. The zero-order chi connectivity index (χ0) is 13.9. The Labute approximate surface area is 116 Å². The molecular weight excluding hydrogens is 289 g/mol. The lowest BCUT2D eigenvalue weighted by Gasteiger charge is -2.35. The van der Waals surface area contributed by atoms with Crippen LogP contribution < -0.4 is 0 Å². The van der Waals surface area contributed by atoms with Crippen molar-refractivity contribution in [2.24, 2.45) is 0 Å². The third kappa shape index (κ3) is 4.01. The Morgan fingerprint density at radius 2 is 2.26 bits per heavy atom. The molecule has 1 amide bonds. The van der Waals surface area contributed by atoms with E-state index in [4.69, 9.17) is 0 Å². The highest BCUT2D eigenvalue weighted by atomic mass is 32.3. The summed E-state index contributed by atoms with van der Waals surface area (Å²) in [7, 11) is -4.46. The predicted octanol–water partition coefficient (Wildman–Crippen LogP) is 2.43. The fourth-order valence-electron chi connectivity index (χ4n) is 2.39. The van der Waals surface area contributed by atoms with Gasteiger partial charge in [0, 0.05) is 12.6 Å². The molecule has 1 fully saturated rings. The zero-order valence-electron chi connectivity index (χ0n) is 10.4. The van der Waals surface area contributed by atoms with Gasteiger partial charge in [0.15, 0.2) is 0 Å². The molecule has 0 aliphatic carbocycles. The van der Waals surface area contributed by atoms with Gasteiger partial charge in [0.2, 0.25) is 0 Å². The normalized spacial score (nSPS) is 20.5. The second-order valence-corrected chi connectivity index (χ2v) is 7.09. The third-order valence-corrected chi connectivity index (χ3v) is 4.90. The van der Waals surface area contributed by atoms with E-state index in [0.717, 1.165) is 19.3 Å². The number of piperidine rings is 1. The first-order valence-electron chi connectivity index (χ1n) is 6.24. The monoisotopic (exact) mass is 305 g/mol. The van der Waals surface area contributed by atoms with Crippen LogP contribution in [0.4, 0.5) is 3.89 Å². The molecule has 0 radical (unpaired) electrons. The third-order valence-electron chi connectivity index (χ3n) is 3.31. The summed E-state index contributed by atoms with van der Waals surface area (Å²) in [6.07, 6.45) is 2.78. The second kappa shape index (κ2) is 6.00. The van der Waals surface area contributed by atoms with Gasteiger partial charge in [0.25, 0.3) is 5.91 Å². The lowest BCUT2D eigenvalue weighted by molar-refractivity contribution is 0.0613. The van der Waals surface area contributed by atoms with E-state index >= 15 is 0 Å². The van der Waals surface area contributed by atoms with E-state index in [0.29, 0.717) is 11.4 Å². The van der Waals surface area contributed by atoms with Gasteiger partial charge in [-0.05, 0) is 37.1 Å². The first-order valence-corrected chi connectivity index (χ1v) is 8.67. The average Bonchev–Trinajstić information content (AvgIpc) is 2.89. The van der Waals surface area contributed by atoms with E-state index in [-0.39, 0.29) is 18.4 Å². The maximum atomic E-state index is 12.6. The number of carbonyl (C=O) groups is 1. The van der Waals surface area contributed by atoms with Crippen molar-refractivity contribution in [2.75, 3.05) is 12.3 Å². The van der Waals surface area contributed by atoms with Crippen LogP contribution in [0.5, 0.6) is 0 Å². The standard InChI is InChI=1S/C12H16FNO3S2/c13-19(16,17)9-6-10-4-1-2-7-14(10)12(15)11-5-3-8-18-11/h3,5,8,10H,1-2,4,6-7,9H2. The van der Waals surface area contributed by atoms with Crippen LogP contribution in [0, 0.1) is 0 Å². The van der Waals surface area contributed by atoms with E-state index in [2.05, 4.69) is 0 Å². The van der Waals surface area contributed by atoms with E-state index in [1.165, 1.54) is 11.3 Å². The SMILES string of the molecule is O=C(c1cccs1)N1CCCCC1CCS(=O)(=O)F. The molecule has 4 nitrogen and oxygen atoms in total. The molecule has 1 saturated heterocycles. The van der Waals surface area contributed by atoms with Crippen LogP contribution in [0.25, 0.3) is 0 Å². The Morgan fingerprint density at radius 3 is 2.89 bits per heavy atom. The van der Waals surface area contributed by atoms with Crippen LogP contribution in [-0.4, -0.2) is 37.6 Å². The average molecular weight is 305 g/mol. The molecule has 106 valence electrons. The minimum atomic E-state index is -4.46. The fourth-order valence-corrected chi connectivity index (χ4v) is 3.62. The summed E-state index contributed by atoms with van der Waals surface area (Å²) in [6, 6.07) is 3.39. The fraction of sp³-hybridized carbons (Fsp3) is 0.583. The molecule has 2 heterocycles. The molecule has 0 saturated carbocycles. The zero-order valence-corrected chi connectivity index (χ0v) is 12.1. The summed E-state index contributed by atoms with van der Waals surface area (Å²) < 4.78 is 33.8. The minimum Gasteiger partial charge on any atom is -0.335 e. The van der Waals surface area contributed by atoms with Crippen LogP contribution in [0.3, 0.4) is 0 Å². The smallest absolute Gasteiger partial charge is 0.302 e. The first-order chi connectivity index (χ1) is 8.97. The molecule has 2 rings (SSSR count). The van der Waals surface area contributed by atoms with Crippen molar-refractivity contribution < 1.29 is 17.1 Å². The lowest BCUT2D eigenvalue weighted by Crippen LogP contribution is -2.44. The number of hydrogen-bond acceptors (Lipinski definition) is 4. The van der Waals surface area contributed by atoms with Gasteiger partial charge in [0.1, 0.15) is 0 Å². The Kier molecular flexibility index (Phi) is 4.57. The predicted molar refractivity (Wildman–Crippen MR) is 72.5 cm³/mol. The van der Waals surface area contributed by atoms with Gasteiger partial charge >= 0.3 is 10.2 Å². The molecule has 1 unspecified atom stereocenters. The lowest BCUT2D eigenvalue weighted by atomic mass is 10.00. The summed E-state index contributed by atoms with van der Waals surface area (Å²) in [5.74, 6) is -0.581. The highest BCUT2D eigenvalue weighted by molar-refractivity contribution is 7.86. The van der Waals surface area contributed by atoms with Crippen molar-refractivity contribution in [1.82, 2.24) is 4.90 Å². The van der Waals surface area contributed by atoms with Crippen molar-refractivity contribution in [3.63, 3.8) is 0 Å². The van der Waals surface area contributed by atoms with Crippen molar-refractivity contribution in [2.45, 2.75) is 31.7 Å². The maximum absolute atomic E-state index is 12.6. The van der Waals surface area contributed by atoms with Gasteiger partial charge in [-0.3, -0.25) is 4.79 Å². The second-order valence-electron chi connectivity index (χ2n) is 4.66. The van der Waals surface area contributed by atoms with Crippen LogP contribution in [0.1, 0.15) is 35.4 Å². The van der Waals surface area contributed by atoms with Crippen LogP contribution in [0.15, 0.2) is 17.5 Å². The van der Waals surface area contributed by atoms with E-state index in [9.17, 15) is 17.1 Å². The number of hydrogen-bond donors (Lipinski definition) is 0. The van der Waals surface area contributed by atoms with Crippen molar-refractivity contribution >= 4 is 27.5 Å². The summed E-state index contributed by atoms with van der Waals surface area (Å²) in [5.41, 5.74) is 0. The Balaban J connectivity index is 2.05. The number of amides is 1. The van der Waals surface area contributed by atoms with E-state index in [1.807, 2.05) is 11.4 Å². The molecule has 0 aromatic carbocycles. The number of carbonyl (C=O) groups excluding carboxylic acids is 1. The van der Waals surface area contributed by atoms with Crippen LogP contribution in [0.2, 0.25) is 0 Å². The molecule has 1 aliphatic heterocycles. The minimum absolute atomic E-state index is 0.0732. The molecule has 1 aromatic heterocycles. The van der Waals surface area contributed by atoms with Crippen LogP contribution in [-0.2, 0) is 10.2 Å². The summed E-state index contributed by atoms with van der Waals surface area (Å²) in [4.78, 5) is 14.6. The summed E-state index contributed by atoms with van der Waals surface area (Å²) in [6.45, 7) is 0.619. The topological polar surface area (TPSA) is 54.5 Å². The highest BCUT2D eigenvalue weighted by Crippen LogP contribution is 2.24. The van der Waals surface area contributed by atoms with Gasteiger partial charge in [-0.1, -0.05) is 6.07 Å². The molecule has 1 aromatic rings. The Bertz CT molecular complexity index is 527. The van der Waals surface area contributed by atoms with E-state index in [1.54, 1.807) is 11.0 Å². The van der Waals surface area contributed by atoms with Gasteiger partial charge in [-0.25, -0.2) is 0 Å². The molecular formula is C12H16FNO3S2. The number of rotatable bonds is 4. The van der Waals surface area contributed by atoms with E-state index < -0.39 is 16.0 Å². The van der Waals surface area contributed by atoms with Crippen molar-refractivity contribution in [3.8, 4) is 0 Å². The molecule has 1 aliphatic rings. The Hall–Kier alpha value is -0.950. The number of halogens is 1. The van der Waals surface area contributed by atoms with Gasteiger partial charge in [-0.2, -0.15) is 8.42 Å². The first kappa shape index (κ1) is 14.5. The number of thiophene rings is 1. The maximum Gasteiger partial charge on any atom is 0.302 e. The quantitative estimate of drug-likeness (QED) is 0.803. The molecule has 7 heteroatoms. The van der Waals surface area contributed by atoms with Gasteiger partial charge < -0.3 is 4.90 Å². The molecule has 0 N–H and O–H groups in total. The van der Waals surface area contributed by atoms with Crippen molar-refractivity contribution in [3.05, 3.63) is 22.4 Å². The molecule has 0 spiro atoms. The largest absolute Gasteiger partial charge is 0.335 e. The molecule has 19 heavy (non-hydrogen) atoms. The molecule has 1 atom stereocenters. The van der Waals surface area contributed by atoms with Gasteiger partial charge in [0.05, 0.1) is 10.6 Å². The molecule has 0 bridgehead atoms. The van der Waals surface area contributed by atoms with Crippen LogP contribution >= 0.6 is 11.3 Å². The number of nitrogens with zero attached hydrogens (tertiary/aromatic N) is 1. The summed E-state index contributed by atoms with van der Waals surface area (Å²) in [5, 5.41) is 1.83. The summed E-state index contributed by atoms with van der Waals surface area (Å²) >= 11 is 1.37. The highest BCUT2D eigenvalue weighted by Gasteiger charge is 2.28. The Morgan fingerprint density at radius 1 is 1.47 bits per heavy atom. The van der Waals surface area contributed by atoms with Gasteiger partial charge in [-0.15, -0.1) is 15.2 Å². The van der Waals surface area contributed by atoms with Crippen molar-refractivity contribution in [1.29, 1.82) is 0 Å².